The number of carbonyl (C=O) groups excluding carboxylic acids is 4. The third kappa shape index (κ3) is 11.5. The summed E-state index contributed by atoms with van der Waals surface area (Å²) in [6, 6.07) is 15.0. The zero-order valence-corrected chi connectivity index (χ0v) is 21.4. The highest BCUT2D eigenvalue weighted by molar-refractivity contribution is 7.90. The number of benzene rings is 2. The monoisotopic (exact) mass is 574 g/mol. The van der Waals surface area contributed by atoms with E-state index in [1.54, 1.807) is 43.3 Å². The van der Waals surface area contributed by atoms with Gasteiger partial charge in [0, 0.05) is 42.7 Å². The van der Waals surface area contributed by atoms with Crippen LogP contribution in [0.25, 0.3) is 20.9 Å². The Labute approximate surface area is 221 Å². The van der Waals surface area contributed by atoms with Crippen molar-refractivity contribution in [3.63, 3.8) is 0 Å². The van der Waals surface area contributed by atoms with Gasteiger partial charge in [0.25, 0.3) is 43.7 Å². The fraction of sp³-hybridized carbons (Fsp3) is 0.0476. The highest BCUT2D eigenvalue weighted by Crippen LogP contribution is 2.11. The van der Waals surface area contributed by atoms with E-state index in [9.17, 15) is 36.0 Å². The molecule has 0 aromatic heterocycles. The number of hydrogen-bond donors (Lipinski definition) is 2. The van der Waals surface area contributed by atoms with Crippen LogP contribution < -0.4 is 10.6 Å². The predicted molar refractivity (Wildman–Crippen MR) is 135 cm³/mol. The molecule has 0 aliphatic carbocycles. The topological polar surface area (TPSA) is 258 Å². The van der Waals surface area contributed by atoms with E-state index in [-0.39, 0.29) is 33.4 Å². The lowest BCUT2D eigenvalue weighted by atomic mass is 10.3. The third-order valence-electron chi connectivity index (χ3n) is 3.95. The van der Waals surface area contributed by atoms with Crippen LogP contribution in [0.15, 0.2) is 103 Å². The summed E-state index contributed by atoms with van der Waals surface area (Å²) in [5.41, 5.74) is 16.4. The molecule has 2 heterocycles. The minimum atomic E-state index is -3.80. The Morgan fingerprint density at radius 3 is 1.23 bits per heavy atom. The summed E-state index contributed by atoms with van der Waals surface area (Å²) in [7, 11) is -7.60. The van der Waals surface area contributed by atoms with Crippen molar-refractivity contribution in [3.05, 3.63) is 105 Å². The highest BCUT2D eigenvalue weighted by Gasteiger charge is 2.15. The fourth-order valence-electron chi connectivity index (χ4n) is 2.24. The van der Waals surface area contributed by atoms with Crippen molar-refractivity contribution in [2.45, 2.75) is 16.7 Å². The van der Waals surface area contributed by atoms with E-state index < -0.39 is 20.0 Å². The summed E-state index contributed by atoms with van der Waals surface area (Å²) < 4.78 is 49.4. The molecule has 202 valence electrons. The second-order valence-corrected chi connectivity index (χ2v) is 9.92. The Kier molecular flexibility index (Phi) is 12.3. The van der Waals surface area contributed by atoms with Gasteiger partial charge < -0.3 is 0 Å². The lowest BCUT2D eigenvalue weighted by molar-refractivity contribution is -0.125. The molecule has 0 saturated heterocycles. The first kappa shape index (κ1) is 31.7. The molecular formula is C21H18N8O8S2. The number of imide groups is 2. The van der Waals surface area contributed by atoms with Crippen LogP contribution in [0.5, 0.6) is 0 Å². The summed E-state index contributed by atoms with van der Waals surface area (Å²) in [6.45, 7) is 1.60. The first-order valence-corrected chi connectivity index (χ1v) is 13.0. The van der Waals surface area contributed by atoms with Gasteiger partial charge in [0.05, 0.1) is 9.79 Å². The minimum Gasteiger partial charge on any atom is -0.289 e. The highest BCUT2D eigenvalue weighted by atomic mass is 32.2. The van der Waals surface area contributed by atoms with Crippen molar-refractivity contribution < 1.29 is 36.0 Å². The first-order chi connectivity index (χ1) is 18.3. The zero-order valence-electron chi connectivity index (χ0n) is 19.8. The Morgan fingerprint density at radius 2 is 1.03 bits per heavy atom. The number of hydrogen-bond acceptors (Lipinski definition) is 8. The van der Waals surface area contributed by atoms with Crippen LogP contribution in [0.3, 0.4) is 0 Å². The molecule has 2 aliphatic rings. The molecule has 4 amide bonds. The van der Waals surface area contributed by atoms with Gasteiger partial charge in [-0.2, -0.15) is 0 Å². The molecule has 0 fully saturated rings. The SMILES string of the molecule is CC1=CC(=O)NC1=O.O=C1C=CC(=O)N1.[N-]=[N+]=NS(=O)(=O)c1ccccc1.[N-]=[N+]=NS(=O)(=O)c1ccccc1. The maximum Gasteiger partial charge on any atom is 0.264 e. The van der Waals surface area contributed by atoms with Gasteiger partial charge in [0.15, 0.2) is 0 Å². The second-order valence-electron chi connectivity index (χ2n) is 6.75. The molecule has 0 atom stereocenters. The van der Waals surface area contributed by atoms with Crippen LogP contribution in [-0.2, 0) is 39.2 Å². The van der Waals surface area contributed by atoms with Crippen LogP contribution in [0, 0.1) is 0 Å². The molecule has 0 spiro atoms. The lowest BCUT2D eigenvalue weighted by Crippen LogP contribution is -2.21. The van der Waals surface area contributed by atoms with E-state index in [4.69, 9.17) is 11.1 Å². The van der Waals surface area contributed by atoms with Crippen LogP contribution in [0.1, 0.15) is 6.92 Å². The molecular weight excluding hydrogens is 556 g/mol. The van der Waals surface area contributed by atoms with E-state index in [1.165, 1.54) is 42.5 Å². The number of rotatable bonds is 4. The molecule has 18 heteroatoms. The molecule has 0 saturated carbocycles. The third-order valence-corrected chi connectivity index (χ3v) is 6.26. The van der Waals surface area contributed by atoms with E-state index >= 15 is 0 Å². The molecule has 39 heavy (non-hydrogen) atoms. The summed E-state index contributed by atoms with van der Waals surface area (Å²) in [5, 5.41) is 4.12. The van der Waals surface area contributed by atoms with Crippen LogP contribution >= 0.6 is 0 Å². The van der Waals surface area contributed by atoms with Crippen molar-refractivity contribution in [1.29, 1.82) is 0 Å². The lowest BCUT2D eigenvalue weighted by Gasteiger charge is -1.93. The summed E-state index contributed by atoms with van der Waals surface area (Å²) >= 11 is 0. The maximum atomic E-state index is 11.0. The van der Waals surface area contributed by atoms with Crippen molar-refractivity contribution in [2.75, 3.05) is 0 Å². The summed E-state index contributed by atoms with van der Waals surface area (Å²) in [4.78, 5) is 45.2. The molecule has 16 nitrogen and oxygen atoms in total. The van der Waals surface area contributed by atoms with Gasteiger partial charge in [0.2, 0.25) is 0 Å². The largest absolute Gasteiger partial charge is 0.289 e. The van der Waals surface area contributed by atoms with Crippen LogP contribution in [0.2, 0.25) is 0 Å². The molecule has 0 radical (unpaired) electrons. The maximum absolute atomic E-state index is 11.0. The number of amides is 4. The fourth-order valence-corrected chi connectivity index (χ4v) is 3.62. The van der Waals surface area contributed by atoms with E-state index in [2.05, 4.69) is 24.2 Å². The van der Waals surface area contributed by atoms with Crippen molar-refractivity contribution in [1.82, 2.24) is 10.6 Å². The van der Waals surface area contributed by atoms with Crippen molar-refractivity contribution in [2.24, 2.45) is 9.04 Å². The first-order valence-electron chi connectivity index (χ1n) is 10.1. The van der Waals surface area contributed by atoms with E-state index in [0.717, 1.165) is 0 Å². The van der Waals surface area contributed by atoms with E-state index in [1.807, 2.05) is 5.32 Å². The number of nitrogens with one attached hydrogen (secondary N) is 2. The zero-order chi connectivity index (χ0) is 29.5. The van der Waals surface area contributed by atoms with Crippen molar-refractivity contribution >= 4 is 43.7 Å². The Morgan fingerprint density at radius 1 is 0.641 bits per heavy atom. The number of sulfonamides is 2. The van der Waals surface area contributed by atoms with Gasteiger partial charge in [-0.1, -0.05) is 36.4 Å². The standard InChI is InChI=1S/2C6H5N3O2S.C5H5NO2.C4H3NO2/c2*7-8-9-12(10,11)6-4-2-1-3-5-6;1-3-2-4(7)6-5(3)8;6-3-1-2-4(7)5-3/h2*1-5H;2H,1H3,(H,6,7,8);1-2H,(H,5,6,7). The van der Waals surface area contributed by atoms with Gasteiger partial charge in [-0.25, -0.2) is 16.8 Å². The molecule has 2 aliphatic heterocycles. The van der Waals surface area contributed by atoms with Crippen LogP contribution in [-0.4, -0.2) is 40.5 Å². The smallest absolute Gasteiger partial charge is 0.264 e. The number of nitrogens with zero attached hydrogens (tertiary/aromatic N) is 6. The summed E-state index contributed by atoms with van der Waals surface area (Å²) in [5.74, 6) is -1.25. The molecule has 2 aromatic rings. The van der Waals surface area contributed by atoms with Gasteiger partial charge in [-0.3, -0.25) is 29.8 Å². The molecule has 4 rings (SSSR count). The van der Waals surface area contributed by atoms with Gasteiger partial charge >= 0.3 is 0 Å². The van der Waals surface area contributed by atoms with Crippen molar-refractivity contribution in [3.8, 4) is 0 Å². The Balaban J connectivity index is 0.000000266. The minimum absolute atomic E-state index is 0.00259. The molecule has 0 bridgehead atoms. The average molecular weight is 575 g/mol. The number of azide groups is 2. The number of carbonyl (C=O) groups is 4. The molecule has 0 unspecified atom stereocenters. The van der Waals surface area contributed by atoms with Gasteiger partial charge in [0.1, 0.15) is 0 Å². The predicted octanol–water partition coefficient (Wildman–Crippen LogP) is 2.16. The van der Waals surface area contributed by atoms with E-state index in [0.29, 0.717) is 5.57 Å². The quantitative estimate of drug-likeness (QED) is 0.236. The molecule has 2 aromatic carbocycles. The van der Waals surface area contributed by atoms with Gasteiger partial charge in [-0.15, -0.1) is 0 Å². The van der Waals surface area contributed by atoms with Gasteiger partial charge in [-0.05, 0) is 42.3 Å². The molecule has 2 N–H and O–H groups in total. The average Bonchev–Trinajstić information content (AvgIpc) is 3.42. The second kappa shape index (κ2) is 15.1. The normalized spacial score (nSPS) is 13.3. The Hall–Kier alpha value is -5.28. The Bertz CT molecular complexity index is 1510. The summed E-state index contributed by atoms with van der Waals surface area (Å²) in [6.07, 6.45) is 3.67. The van der Waals surface area contributed by atoms with Crippen LogP contribution in [0.4, 0.5) is 0 Å².